The van der Waals surface area contributed by atoms with Gasteiger partial charge < -0.3 is 9.64 Å². The van der Waals surface area contributed by atoms with Gasteiger partial charge in [0.25, 0.3) is 5.91 Å². The highest BCUT2D eigenvalue weighted by atomic mass is 35.5. The van der Waals surface area contributed by atoms with Gasteiger partial charge in [-0.15, -0.1) is 0 Å². The third-order valence-corrected chi connectivity index (χ3v) is 4.16. The Balaban J connectivity index is 1.84. The number of ether oxygens (including phenoxy) is 1. The monoisotopic (exact) mass is 319 g/mol. The van der Waals surface area contributed by atoms with Gasteiger partial charge in [-0.25, -0.2) is 0 Å². The Hall–Kier alpha value is -1.85. The fourth-order valence-corrected chi connectivity index (χ4v) is 2.81. The lowest BCUT2D eigenvalue weighted by Crippen LogP contribution is -2.50. The molecule has 3 rings (SSSR count). The molecule has 1 aromatic carbocycles. The molecule has 116 valence electrons. The van der Waals surface area contributed by atoms with E-state index < -0.39 is 0 Å². The molecule has 0 bridgehead atoms. The average Bonchev–Trinajstić information content (AvgIpc) is 2.99. The standard InChI is InChI=1S/C16H18ClN3O2/c1-10-9-22-11(2)8-20(10)16(21)15-7-14(18-19-15)12-5-3-4-6-13(12)17/h3-7,10-11H,8-9H2,1-2H3,(H,18,19). The minimum atomic E-state index is -0.0616. The van der Waals surface area contributed by atoms with Crippen molar-refractivity contribution >= 4 is 17.5 Å². The van der Waals surface area contributed by atoms with Crippen molar-refractivity contribution in [2.45, 2.75) is 26.0 Å². The van der Waals surface area contributed by atoms with Crippen LogP contribution in [0.15, 0.2) is 30.3 Å². The number of aromatic nitrogens is 2. The van der Waals surface area contributed by atoms with Crippen molar-refractivity contribution in [3.05, 3.63) is 41.0 Å². The Morgan fingerprint density at radius 3 is 2.95 bits per heavy atom. The third kappa shape index (κ3) is 2.87. The van der Waals surface area contributed by atoms with E-state index in [1.54, 1.807) is 12.1 Å². The van der Waals surface area contributed by atoms with Crippen LogP contribution >= 0.6 is 11.6 Å². The number of hydrogen-bond acceptors (Lipinski definition) is 3. The van der Waals surface area contributed by atoms with Gasteiger partial charge in [-0.3, -0.25) is 9.89 Å². The van der Waals surface area contributed by atoms with Crippen molar-refractivity contribution in [3.8, 4) is 11.3 Å². The summed E-state index contributed by atoms with van der Waals surface area (Å²) in [6.07, 6.45) is 0.0473. The molecule has 1 aliphatic rings. The van der Waals surface area contributed by atoms with E-state index in [1.165, 1.54) is 0 Å². The van der Waals surface area contributed by atoms with Crippen molar-refractivity contribution < 1.29 is 9.53 Å². The Morgan fingerprint density at radius 2 is 2.18 bits per heavy atom. The molecule has 2 atom stereocenters. The van der Waals surface area contributed by atoms with E-state index in [0.717, 1.165) is 5.56 Å². The molecular weight excluding hydrogens is 302 g/mol. The SMILES string of the molecule is CC1CN(C(=O)c2cc(-c3ccccc3Cl)n[nH]2)C(C)CO1. The summed E-state index contributed by atoms with van der Waals surface area (Å²) in [7, 11) is 0. The molecule has 1 aromatic heterocycles. The molecule has 2 aromatic rings. The van der Waals surface area contributed by atoms with Gasteiger partial charge in [0, 0.05) is 12.1 Å². The number of carbonyl (C=O) groups is 1. The summed E-state index contributed by atoms with van der Waals surface area (Å²) in [6, 6.07) is 9.24. The minimum Gasteiger partial charge on any atom is -0.375 e. The fourth-order valence-electron chi connectivity index (χ4n) is 2.58. The van der Waals surface area contributed by atoms with Gasteiger partial charge in [-0.2, -0.15) is 5.10 Å². The summed E-state index contributed by atoms with van der Waals surface area (Å²) in [5.41, 5.74) is 1.95. The molecule has 1 saturated heterocycles. The second kappa shape index (κ2) is 6.10. The van der Waals surface area contributed by atoms with Crippen LogP contribution < -0.4 is 0 Å². The topological polar surface area (TPSA) is 58.2 Å². The number of aromatic amines is 1. The number of morpholine rings is 1. The lowest BCUT2D eigenvalue weighted by molar-refractivity contribution is -0.0389. The summed E-state index contributed by atoms with van der Waals surface area (Å²) in [6.45, 7) is 5.09. The molecule has 0 spiro atoms. The first-order chi connectivity index (χ1) is 10.6. The van der Waals surface area contributed by atoms with E-state index in [1.807, 2.05) is 36.9 Å². The molecule has 0 aliphatic carbocycles. The van der Waals surface area contributed by atoms with Crippen molar-refractivity contribution in [3.63, 3.8) is 0 Å². The maximum atomic E-state index is 12.7. The fraction of sp³-hybridized carbons (Fsp3) is 0.375. The zero-order valence-corrected chi connectivity index (χ0v) is 13.3. The van der Waals surface area contributed by atoms with Crippen LogP contribution in [0.3, 0.4) is 0 Å². The molecule has 1 aliphatic heterocycles. The lowest BCUT2D eigenvalue weighted by atomic mass is 10.1. The zero-order valence-electron chi connectivity index (χ0n) is 12.5. The van der Waals surface area contributed by atoms with Gasteiger partial charge in [0.05, 0.1) is 29.5 Å². The molecule has 0 saturated carbocycles. The first-order valence-electron chi connectivity index (χ1n) is 7.29. The molecule has 1 fully saturated rings. The maximum absolute atomic E-state index is 12.7. The van der Waals surface area contributed by atoms with Gasteiger partial charge in [0.15, 0.2) is 0 Å². The molecule has 2 heterocycles. The molecule has 1 amide bonds. The van der Waals surface area contributed by atoms with E-state index in [-0.39, 0.29) is 18.1 Å². The summed E-state index contributed by atoms with van der Waals surface area (Å²) in [4.78, 5) is 14.5. The number of hydrogen-bond donors (Lipinski definition) is 1. The van der Waals surface area contributed by atoms with Crippen LogP contribution in [0, 0.1) is 0 Å². The van der Waals surface area contributed by atoms with Crippen molar-refractivity contribution in [1.82, 2.24) is 15.1 Å². The van der Waals surface area contributed by atoms with Gasteiger partial charge in [-0.05, 0) is 26.0 Å². The Kier molecular flexibility index (Phi) is 4.18. The highest BCUT2D eigenvalue weighted by Crippen LogP contribution is 2.26. The maximum Gasteiger partial charge on any atom is 0.272 e. The summed E-state index contributed by atoms with van der Waals surface area (Å²) < 4.78 is 5.56. The Morgan fingerprint density at radius 1 is 1.41 bits per heavy atom. The van der Waals surface area contributed by atoms with Crippen LogP contribution in [-0.4, -0.2) is 46.3 Å². The van der Waals surface area contributed by atoms with Crippen LogP contribution in [-0.2, 0) is 4.74 Å². The average molecular weight is 320 g/mol. The minimum absolute atomic E-state index is 0.0473. The molecule has 5 nitrogen and oxygen atoms in total. The summed E-state index contributed by atoms with van der Waals surface area (Å²) >= 11 is 6.17. The number of nitrogens with zero attached hydrogens (tertiary/aromatic N) is 2. The molecular formula is C16H18ClN3O2. The predicted molar refractivity (Wildman–Crippen MR) is 84.9 cm³/mol. The van der Waals surface area contributed by atoms with Crippen LogP contribution in [0.1, 0.15) is 24.3 Å². The van der Waals surface area contributed by atoms with E-state index in [2.05, 4.69) is 10.2 Å². The number of amides is 1. The van der Waals surface area contributed by atoms with Crippen LogP contribution in [0.4, 0.5) is 0 Å². The third-order valence-electron chi connectivity index (χ3n) is 3.83. The number of H-pyrrole nitrogens is 1. The number of nitrogens with one attached hydrogen (secondary N) is 1. The molecule has 2 unspecified atom stereocenters. The highest BCUT2D eigenvalue weighted by Gasteiger charge is 2.29. The second-order valence-electron chi connectivity index (χ2n) is 5.60. The quantitative estimate of drug-likeness (QED) is 0.925. The predicted octanol–water partition coefficient (Wildman–Crippen LogP) is 2.98. The molecule has 1 N–H and O–H groups in total. The van der Waals surface area contributed by atoms with Crippen LogP contribution in [0.2, 0.25) is 5.02 Å². The van der Waals surface area contributed by atoms with Gasteiger partial charge in [-0.1, -0.05) is 29.8 Å². The van der Waals surface area contributed by atoms with Crippen molar-refractivity contribution in [2.24, 2.45) is 0 Å². The van der Waals surface area contributed by atoms with E-state index in [4.69, 9.17) is 16.3 Å². The first kappa shape index (κ1) is 15.1. The Bertz CT molecular complexity index is 686. The number of halogens is 1. The number of rotatable bonds is 2. The van der Waals surface area contributed by atoms with Crippen molar-refractivity contribution in [2.75, 3.05) is 13.2 Å². The van der Waals surface area contributed by atoms with Gasteiger partial charge in [0.1, 0.15) is 5.69 Å². The summed E-state index contributed by atoms with van der Waals surface area (Å²) in [5.74, 6) is -0.0616. The van der Waals surface area contributed by atoms with Crippen LogP contribution in [0.25, 0.3) is 11.3 Å². The Labute approximate surface area is 134 Å². The zero-order chi connectivity index (χ0) is 15.7. The molecule has 0 radical (unpaired) electrons. The van der Waals surface area contributed by atoms with Gasteiger partial charge >= 0.3 is 0 Å². The van der Waals surface area contributed by atoms with E-state index in [9.17, 15) is 4.79 Å². The molecule has 22 heavy (non-hydrogen) atoms. The largest absolute Gasteiger partial charge is 0.375 e. The van der Waals surface area contributed by atoms with E-state index >= 15 is 0 Å². The lowest BCUT2D eigenvalue weighted by Gasteiger charge is -2.36. The van der Waals surface area contributed by atoms with Gasteiger partial charge in [0.2, 0.25) is 0 Å². The first-order valence-corrected chi connectivity index (χ1v) is 7.67. The van der Waals surface area contributed by atoms with Crippen molar-refractivity contribution in [1.29, 1.82) is 0 Å². The van der Waals surface area contributed by atoms with E-state index in [0.29, 0.717) is 29.6 Å². The highest BCUT2D eigenvalue weighted by molar-refractivity contribution is 6.33. The van der Waals surface area contributed by atoms with Crippen LogP contribution in [0.5, 0.6) is 0 Å². The normalized spacial score (nSPS) is 21.9. The number of carbonyl (C=O) groups excluding carboxylic acids is 1. The smallest absolute Gasteiger partial charge is 0.272 e. The number of benzene rings is 1. The second-order valence-corrected chi connectivity index (χ2v) is 6.00. The summed E-state index contributed by atoms with van der Waals surface area (Å²) in [5, 5.41) is 7.65. The molecule has 6 heteroatoms.